The fraction of sp³-hybridized carbons (Fsp3) is 0.158. The number of nitrogens with one attached hydrogen (secondary N) is 1. The number of rotatable bonds is 3. The molecule has 0 aliphatic rings. The zero-order valence-corrected chi connectivity index (χ0v) is 14.6. The third kappa shape index (κ3) is 3.05. The molecular formula is C19H18ClN3O. The van der Waals surface area contributed by atoms with E-state index in [2.05, 4.69) is 10.4 Å². The van der Waals surface area contributed by atoms with Crippen LogP contribution in [0.15, 0.2) is 48.7 Å². The Bertz CT molecular complexity index is 877. The van der Waals surface area contributed by atoms with Crippen molar-refractivity contribution < 1.29 is 4.79 Å². The van der Waals surface area contributed by atoms with Gasteiger partial charge in [-0.15, -0.1) is 0 Å². The number of hydrogen-bond acceptors (Lipinski definition) is 2. The van der Waals surface area contributed by atoms with Crippen molar-refractivity contribution >= 4 is 23.2 Å². The Morgan fingerprint density at radius 3 is 2.50 bits per heavy atom. The summed E-state index contributed by atoms with van der Waals surface area (Å²) in [6.07, 6.45) is 1.58. The number of amides is 1. The van der Waals surface area contributed by atoms with E-state index < -0.39 is 0 Å². The van der Waals surface area contributed by atoms with Gasteiger partial charge in [0.15, 0.2) is 0 Å². The zero-order valence-electron chi connectivity index (χ0n) is 13.8. The number of halogens is 1. The molecule has 1 aromatic heterocycles. The van der Waals surface area contributed by atoms with Crippen molar-refractivity contribution in [1.82, 2.24) is 9.78 Å². The number of anilines is 1. The van der Waals surface area contributed by atoms with Crippen LogP contribution in [0.2, 0.25) is 5.02 Å². The highest BCUT2D eigenvalue weighted by Crippen LogP contribution is 2.28. The number of aryl methyl sites for hydroxylation is 2. The molecule has 5 heteroatoms. The summed E-state index contributed by atoms with van der Waals surface area (Å²) in [4.78, 5) is 12.6. The van der Waals surface area contributed by atoms with E-state index in [-0.39, 0.29) is 5.91 Å². The molecule has 0 fully saturated rings. The van der Waals surface area contributed by atoms with E-state index in [1.165, 1.54) is 0 Å². The van der Waals surface area contributed by atoms with Gasteiger partial charge in [0.25, 0.3) is 5.91 Å². The summed E-state index contributed by atoms with van der Waals surface area (Å²) in [6.45, 7) is 5.77. The van der Waals surface area contributed by atoms with Crippen LogP contribution in [-0.4, -0.2) is 15.7 Å². The van der Waals surface area contributed by atoms with Crippen molar-refractivity contribution in [2.45, 2.75) is 20.8 Å². The van der Waals surface area contributed by atoms with Crippen LogP contribution < -0.4 is 5.32 Å². The van der Waals surface area contributed by atoms with Crippen LogP contribution in [0.3, 0.4) is 0 Å². The lowest BCUT2D eigenvalue weighted by Crippen LogP contribution is -2.14. The van der Waals surface area contributed by atoms with Crippen molar-refractivity contribution in [2.24, 2.45) is 0 Å². The van der Waals surface area contributed by atoms with Crippen molar-refractivity contribution in [3.05, 3.63) is 76.1 Å². The Kier molecular flexibility index (Phi) is 4.40. The number of benzene rings is 2. The molecule has 0 bridgehead atoms. The Balaban J connectivity index is 1.91. The second-order valence-electron chi connectivity index (χ2n) is 5.78. The minimum Gasteiger partial charge on any atom is -0.320 e. The van der Waals surface area contributed by atoms with E-state index in [0.717, 1.165) is 22.5 Å². The molecular weight excluding hydrogens is 322 g/mol. The van der Waals surface area contributed by atoms with Gasteiger partial charge in [-0.1, -0.05) is 35.9 Å². The lowest BCUT2D eigenvalue weighted by atomic mass is 10.1. The van der Waals surface area contributed by atoms with Gasteiger partial charge in [-0.25, -0.2) is 4.68 Å². The van der Waals surface area contributed by atoms with E-state index in [9.17, 15) is 4.79 Å². The van der Waals surface area contributed by atoms with Crippen LogP contribution >= 0.6 is 11.6 Å². The first-order chi connectivity index (χ1) is 11.5. The van der Waals surface area contributed by atoms with Crippen LogP contribution in [-0.2, 0) is 0 Å². The zero-order chi connectivity index (χ0) is 17.3. The molecule has 3 rings (SSSR count). The minimum atomic E-state index is -0.219. The summed E-state index contributed by atoms with van der Waals surface area (Å²) in [7, 11) is 0. The smallest absolute Gasteiger partial charge is 0.259 e. The van der Waals surface area contributed by atoms with Gasteiger partial charge in [-0.05, 0) is 50.1 Å². The van der Waals surface area contributed by atoms with E-state index >= 15 is 0 Å². The van der Waals surface area contributed by atoms with Crippen LogP contribution in [0.4, 0.5) is 5.69 Å². The summed E-state index contributed by atoms with van der Waals surface area (Å²) in [5.74, 6) is -0.219. The number of carbonyl (C=O) groups excluding carboxylic acids is 1. The lowest BCUT2D eigenvalue weighted by molar-refractivity contribution is 0.102. The Morgan fingerprint density at radius 2 is 1.83 bits per heavy atom. The second kappa shape index (κ2) is 6.49. The Hall–Kier alpha value is -2.59. The molecule has 0 aliphatic carbocycles. The average molecular weight is 340 g/mol. The summed E-state index contributed by atoms with van der Waals surface area (Å²) in [6, 6.07) is 13.5. The second-order valence-corrected chi connectivity index (χ2v) is 6.19. The fourth-order valence-corrected chi connectivity index (χ4v) is 3.09. The normalized spacial score (nSPS) is 10.7. The number of hydrogen-bond donors (Lipinski definition) is 1. The monoisotopic (exact) mass is 339 g/mol. The molecule has 1 N–H and O–H groups in total. The largest absolute Gasteiger partial charge is 0.320 e. The van der Waals surface area contributed by atoms with Gasteiger partial charge in [-0.2, -0.15) is 5.10 Å². The van der Waals surface area contributed by atoms with E-state index in [1.807, 2.05) is 63.2 Å². The van der Waals surface area contributed by atoms with Gasteiger partial charge in [0.05, 0.1) is 33.9 Å². The van der Waals surface area contributed by atoms with Crippen molar-refractivity contribution in [2.75, 3.05) is 5.32 Å². The number of para-hydroxylation sites is 1. The highest BCUT2D eigenvalue weighted by molar-refractivity contribution is 6.34. The first-order valence-electron chi connectivity index (χ1n) is 7.65. The molecule has 0 saturated carbocycles. The van der Waals surface area contributed by atoms with Gasteiger partial charge >= 0.3 is 0 Å². The van der Waals surface area contributed by atoms with Gasteiger partial charge in [0.1, 0.15) is 0 Å². The van der Waals surface area contributed by atoms with E-state index in [4.69, 9.17) is 11.6 Å². The molecule has 0 unspecified atom stereocenters. The van der Waals surface area contributed by atoms with Crippen molar-refractivity contribution in [3.63, 3.8) is 0 Å². The Morgan fingerprint density at radius 1 is 1.12 bits per heavy atom. The van der Waals surface area contributed by atoms with Crippen molar-refractivity contribution in [3.8, 4) is 5.69 Å². The average Bonchev–Trinajstić information content (AvgIpc) is 2.93. The molecule has 4 nitrogen and oxygen atoms in total. The number of nitrogens with zero attached hydrogens (tertiary/aromatic N) is 2. The third-order valence-electron chi connectivity index (χ3n) is 3.93. The van der Waals surface area contributed by atoms with Crippen LogP contribution in [0.1, 0.15) is 27.2 Å². The van der Waals surface area contributed by atoms with Gasteiger partial charge in [-0.3, -0.25) is 4.79 Å². The summed E-state index contributed by atoms with van der Waals surface area (Å²) in [5.41, 5.74) is 4.84. The van der Waals surface area contributed by atoms with Crippen LogP contribution in [0.25, 0.3) is 5.69 Å². The SMILES string of the molecule is Cc1cc(C)c(NC(=O)c2cnn(-c3ccccc3)c2C)c(Cl)c1. The van der Waals surface area contributed by atoms with Crippen molar-refractivity contribution in [1.29, 1.82) is 0 Å². The number of carbonyl (C=O) groups is 1. The van der Waals surface area contributed by atoms with Gasteiger partial charge in [0, 0.05) is 0 Å². The van der Waals surface area contributed by atoms with E-state index in [1.54, 1.807) is 10.9 Å². The maximum absolute atomic E-state index is 12.6. The predicted octanol–water partition coefficient (Wildman–Crippen LogP) is 4.70. The molecule has 0 saturated heterocycles. The minimum absolute atomic E-state index is 0.219. The lowest BCUT2D eigenvalue weighted by Gasteiger charge is -2.11. The molecule has 1 heterocycles. The number of aromatic nitrogens is 2. The van der Waals surface area contributed by atoms with Gasteiger partial charge < -0.3 is 5.32 Å². The summed E-state index contributed by atoms with van der Waals surface area (Å²) < 4.78 is 1.75. The molecule has 0 radical (unpaired) electrons. The molecule has 0 spiro atoms. The first kappa shape index (κ1) is 16.3. The topological polar surface area (TPSA) is 46.9 Å². The standard InChI is InChI=1S/C19H18ClN3O/c1-12-9-13(2)18(17(20)10-12)22-19(24)16-11-21-23(14(16)3)15-7-5-4-6-8-15/h4-11H,1-3H3,(H,22,24). The molecule has 122 valence electrons. The first-order valence-corrected chi connectivity index (χ1v) is 8.03. The predicted molar refractivity (Wildman–Crippen MR) is 97.2 cm³/mol. The fourth-order valence-electron chi connectivity index (χ4n) is 2.72. The molecule has 24 heavy (non-hydrogen) atoms. The summed E-state index contributed by atoms with van der Waals surface area (Å²) >= 11 is 6.27. The Labute approximate surface area is 146 Å². The molecule has 0 aliphatic heterocycles. The molecule has 0 atom stereocenters. The quantitative estimate of drug-likeness (QED) is 0.751. The maximum atomic E-state index is 12.6. The maximum Gasteiger partial charge on any atom is 0.259 e. The van der Waals surface area contributed by atoms with Gasteiger partial charge in [0.2, 0.25) is 0 Å². The highest BCUT2D eigenvalue weighted by atomic mass is 35.5. The summed E-state index contributed by atoms with van der Waals surface area (Å²) in [5, 5.41) is 7.77. The molecule has 1 amide bonds. The molecule has 2 aromatic carbocycles. The molecule has 3 aromatic rings. The van der Waals surface area contributed by atoms with Crippen LogP contribution in [0.5, 0.6) is 0 Å². The highest BCUT2D eigenvalue weighted by Gasteiger charge is 2.17. The third-order valence-corrected chi connectivity index (χ3v) is 4.22. The van der Waals surface area contributed by atoms with E-state index in [0.29, 0.717) is 16.3 Å². The van der Waals surface area contributed by atoms with Crippen LogP contribution in [0, 0.1) is 20.8 Å².